The molecule has 10 nitrogen and oxygen atoms in total. The van der Waals surface area contributed by atoms with Crippen molar-refractivity contribution >= 4 is 5.96 Å². The maximum atomic E-state index is 5.48. The van der Waals surface area contributed by atoms with Gasteiger partial charge >= 0.3 is 0 Å². The first kappa shape index (κ1) is 22.7. The van der Waals surface area contributed by atoms with E-state index in [9.17, 15) is 0 Å². The highest BCUT2D eigenvalue weighted by molar-refractivity contribution is 5.80. The molecule has 31 heavy (non-hydrogen) atoms. The van der Waals surface area contributed by atoms with E-state index in [1.807, 2.05) is 19.2 Å². The summed E-state index contributed by atoms with van der Waals surface area (Å²) < 4.78 is 18.1. The molecule has 0 amide bonds. The summed E-state index contributed by atoms with van der Waals surface area (Å²) in [6.07, 6.45) is 1.56. The molecule has 1 aromatic heterocycles. The van der Waals surface area contributed by atoms with E-state index < -0.39 is 0 Å². The second-order valence-electron chi connectivity index (χ2n) is 7.27. The minimum absolute atomic E-state index is 0.504. The lowest BCUT2D eigenvalue weighted by Gasteiger charge is -2.36. The molecule has 0 unspecified atom stereocenters. The lowest BCUT2D eigenvalue weighted by Crippen LogP contribution is -2.52. The third kappa shape index (κ3) is 5.57. The number of benzene rings is 1. The maximum absolute atomic E-state index is 5.48. The molecule has 1 N–H and O–H groups in total. The Morgan fingerprint density at radius 3 is 2.26 bits per heavy atom. The van der Waals surface area contributed by atoms with Gasteiger partial charge < -0.3 is 24.4 Å². The number of nitrogens with one attached hydrogen (secondary N) is 1. The second-order valence-corrected chi connectivity index (χ2v) is 7.27. The van der Waals surface area contributed by atoms with Crippen LogP contribution in [-0.2, 0) is 20.1 Å². The predicted molar refractivity (Wildman–Crippen MR) is 119 cm³/mol. The zero-order valence-electron chi connectivity index (χ0n) is 19.1. The number of methoxy groups -OCH3 is 3. The minimum atomic E-state index is 0.504. The van der Waals surface area contributed by atoms with Crippen molar-refractivity contribution in [3.8, 4) is 17.2 Å². The van der Waals surface area contributed by atoms with E-state index in [0.29, 0.717) is 23.8 Å². The van der Waals surface area contributed by atoms with Gasteiger partial charge in [0.25, 0.3) is 0 Å². The van der Waals surface area contributed by atoms with E-state index in [0.717, 1.165) is 56.6 Å². The molecule has 0 bridgehead atoms. The van der Waals surface area contributed by atoms with Gasteiger partial charge in [-0.2, -0.15) is 5.10 Å². The molecule has 3 rings (SSSR count). The van der Waals surface area contributed by atoms with E-state index >= 15 is 0 Å². The average Bonchev–Trinajstić information content (AvgIpc) is 3.21. The van der Waals surface area contributed by atoms with Crippen LogP contribution in [0.25, 0.3) is 0 Å². The molecule has 1 aromatic carbocycles. The summed E-state index contributed by atoms with van der Waals surface area (Å²) in [6.45, 7) is 7.89. The molecular formula is C21H33N7O3. The number of hydrogen-bond donors (Lipinski definition) is 1. The number of aliphatic imine (C=N–C) groups is 1. The van der Waals surface area contributed by atoms with E-state index in [2.05, 4.69) is 32.1 Å². The van der Waals surface area contributed by atoms with Crippen LogP contribution in [0, 0.1) is 0 Å². The molecule has 170 valence electrons. The maximum Gasteiger partial charge on any atom is 0.203 e. The van der Waals surface area contributed by atoms with Crippen LogP contribution in [0.5, 0.6) is 17.2 Å². The Morgan fingerprint density at radius 2 is 1.74 bits per heavy atom. The zero-order valence-corrected chi connectivity index (χ0v) is 19.1. The van der Waals surface area contributed by atoms with Gasteiger partial charge in [-0.25, -0.2) is 9.98 Å². The summed E-state index contributed by atoms with van der Waals surface area (Å²) in [4.78, 5) is 13.7. The zero-order chi connectivity index (χ0) is 22.2. The van der Waals surface area contributed by atoms with Crippen LogP contribution in [0.3, 0.4) is 0 Å². The van der Waals surface area contributed by atoms with Crippen molar-refractivity contribution in [2.45, 2.75) is 20.0 Å². The SMILES string of the molecule is CCNC(=NCc1ncnn1C)N1CCN(Cc2cc(OC)c(OC)c(OC)c2)CC1. The molecule has 2 heterocycles. The largest absolute Gasteiger partial charge is 0.493 e. The van der Waals surface area contributed by atoms with E-state index in [-0.39, 0.29) is 0 Å². The van der Waals surface area contributed by atoms with Gasteiger partial charge in [0.05, 0.1) is 21.3 Å². The third-order valence-electron chi connectivity index (χ3n) is 5.31. The normalized spacial score (nSPS) is 15.1. The number of nitrogens with zero attached hydrogens (tertiary/aromatic N) is 6. The van der Waals surface area contributed by atoms with Gasteiger partial charge in [0.15, 0.2) is 17.5 Å². The first-order valence-corrected chi connectivity index (χ1v) is 10.5. The van der Waals surface area contributed by atoms with Crippen molar-refractivity contribution in [2.24, 2.45) is 12.0 Å². The molecular weight excluding hydrogens is 398 g/mol. The highest BCUT2D eigenvalue weighted by Crippen LogP contribution is 2.38. The molecule has 1 fully saturated rings. The van der Waals surface area contributed by atoms with E-state index in [1.54, 1.807) is 32.3 Å². The fourth-order valence-electron chi connectivity index (χ4n) is 3.64. The Hall–Kier alpha value is -3.01. The van der Waals surface area contributed by atoms with Crippen LogP contribution in [-0.4, -0.2) is 84.6 Å². The van der Waals surface area contributed by atoms with Crippen LogP contribution in [0.2, 0.25) is 0 Å². The molecule has 10 heteroatoms. The number of piperazine rings is 1. The molecule has 0 saturated carbocycles. The van der Waals surface area contributed by atoms with Gasteiger partial charge in [0.2, 0.25) is 5.75 Å². The topological polar surface area (TPSA) is 89.3 Å². The summed E-state index contributed by atoms with van der Waals surface area (Å²) in [6, 6.07) is 4.03. The summed E-state index contributed by atoms with van der Waals surface area (Å²) in [7, 11) is 6.78. The fraction of sp³-hybridized carbons (Fsp3) is 0.571. The highest BCUT2D eigenvalue weighted by Gasteiger charge is 2.21. The van der Waals surface area contributed by atoms with Crippen LogP contribution in [0.1, 0.15) is 18.3 Å². The Bertz CT molecular complexity index is 851. The Kier molecular flexibility index (Phi) is 7.94. The summed E-state index contributed by atoms with van der Waals surface area (Å²) in [5, 5.41) is 7.50. The van der Waals surface area contributed by atoms with Gasteiger partial charge in [0.1, 0.15) is 18.7 Å². The molecule has 0 atom stereocenters. The molecule has 0 radical (unpaired) electrons. The van der Waals surface area contributed by atoms with E-state index in [1.165, 1.54) is 0 Å². The van der Waals surface area contributed by atoms with Crippen molar-refractivity contribution in [3.63, 3.8) is 0 Å². The molecule has 0 aliphatic carbocycles. The van der Waals surface area contributed by atoms with Crippen molar-refractivity contribution in [2.75, 3.05) is 54.1 Å². The fourth-order valence-corrected chi connectivity index (χ4v) is 3.64. The number of rotatable bonds is 8. The van der Waals surface area contributed by atoms with Gasteiger partial charge in [-0.15, -0.1) is 0 Å². The molecule has 1 aliphatic heterocycles. The van der Waals surface area contributed by atoms with Crippen LogP contribution in [0.4, 0.5) is 0 Å². The van der Waals surface area contributed by atoms with Gasteiger partial charge in [-0.1, -0.05) is 0 Å². The quantitative estimate of drug-likeness (QED) is 0.491. The minimum Gasteiger partial charge on any atom is -0.493 e. The van der Waals surface area contributed by atoms with Crippen LogP contribution >= 0.6 is 0 Å². The molecule has 1 aliphatic rings. The molecule has 1 saturated heterocycles. The number of aromatic nitrogens is 3. The smallest absolute Gasteiger partial charge is 0.203 e. The number of ether oxygens (including phenoxy) is 3. The van der Waals surface area contributed by atoms with E-state index in [4.69, 9.17) is 19.2 Å². The van der Waals surface area contributed by atoms with Crippen molar-refractivity contribution in [1.82, 2.24) is 29.9 Å². The van der Waals surface area contributed by atoms with Gasteiger partial charge in [0, 0.05) is 46.3 Å². The van der Waals surface area contributed by atoms with Crippen LogP contribution in [0.15, 0.2) is 23.5 Å². The number of hydrogen-bond acceptors (Lipinski definition) is 7. The predicted octanol–water partition coefficient (Wildman–Crippen LogP) is 1.12. The second kappa shape index (κ2) is 10.9. The summed E-state index contributed by atoms with van der Waals surface area (Å²) >= 11 is 0. The first-order chi connectivity index (χ1) is 15.1. The first-order valence-electron chi connectivity index (χ1n) is 10.5. The highest BCUT2D eigenvalue weighted by atomic mass is 16.5. The van der Waals surface area contributed by atoms with Crippen molar-refractivity contribution in [1.29, 1.82) is 0 Å². The number of aryl methyl sites for hydroxylation is 1. The lowest BCUT2D eigenvalue weighted by atomic mass is 10.1. The molecule has 2 aromatic rings. The van der Waals surface area contributed by atoms with Crippen molar-refractivity contribution < 1.29 is 14.2 Å². The monoisotopic (exact) mass is 431 g/mol. The van der Waals surface area contributed by atoms with Crippen LogP contribution < -0.4 is 19.5 Å². The Balaban J connectivity index is 1.62. The number of guanidine groups is 1. The van der Waals surface area contributed by atoms with Gasteiger partial charge in [-0.05, 0) is 24.6 Å². The lowest BCUT2D eigenvalue weighted by molar-refractivity contribution is 0.172. The average molecular weight is 432 g/mol. The van der Waals surface area contributed by atoms with Gasteiger partial charge in [-0.3, -0.25) is 9.58 Å². The Morgan fingerprint density at radius 1 is 1.06 bits per heavy atom. The molecule has 0 spiro atoms. The summed E-state index contributed by atoms with van der Waals surface area (Å²) in [5.74, 6) is 3.74. The third-order valence-corrected chi connectivity index (χ3v) is 5.31. The summed E-state index contributed by atoms with van der Waals surface area (Å²) in [5.41, 5.74) is 1.13. The standard InChI is InChI=1S/C21H33N7O3/c1-6-22-21(23-13-19-24-15-25-26(19)2)28-9-7-27(8-10-28)14-16-11-17(29-3)20(31-5)18(12-16)30-4/h11-12,15H,6-10,13-14H2,1-5H3,(H,22,23). The Labute approximate surface area is 183 Å². The van der Waals surface area contributed by atoms with Crippen molar-refractivity contribution in [3.05, 3.63) is 29.8 Å².